The Morgan fingerprint density at radius 2 is 2.21 bits per heavy atom. The molecule has 0 aliphatic carbocycles. The van der Waals surface area contributed by atoms with Crippen LogP contribution < -0.4 is 0 Å². The number of hydrogen-bond acceptors (Lipinski definition) is 2. The molecule has 0 spiro atoms. The molecule has 0 bridgehead atoms. The van der Waals surface area contributed by atoms with Crippen LogP contribution in [0, 0.1) is 0 Å². The first-order chi connectivity index (χ1) is 6.81. The molecule has 1 aromatic rings. The summed E-state index contributed by atoms with van der Waals surface area (Å²) in [5.41, 5.74) is 2.50. The SMILES string of the molecule is BrC12CCCSC1=Nc1ccccc12. The first kappa shape index (κ1) is 8.98. The zero-order chi connectivity index (χ0) is 9.60. The van der Waals surface area contributed by atoms with Gasteiger partial charge in [0, 0.05) is 5.56 Å². The molecule has 1 aromatic carbocycles. The average molecular weight is 268 g/mol. The molecule has 2 aliphatic heterocycles. The van der Waals surface area contributed by atoms with Crippen LogP contribution in [0.15, 0.2) is 29.3 Å². The van der Waals surface area contributed by atoms with Gasteiger partial charge in [0.05, 0.1) is 10.7 Å². The number of thioether (sulfide) groups is 1. The largest absolute Gasteiger partial charge is 0.244 e. The van der Waals surface area contributed by atoms with Crippen molar-refractivity contribution >= 4 is 38.4 Å². The van der Waals surface area contributed by atoms with E-state index in [2.05, 4.69) is 45.2 Å². The predicted molar refractivity (Wildman–Crippen MR) is 65.8 cm³/mol. The highest BCUT2D eigenvalue weighted by atomic mass is 79.9. The highest BCUT2D eigenvalue weighted by Crippen LogP contribution is 2.52. The van der Waals surface area contributed by atoms with E-state index in [0.717, 1.165) is 5.69 Å². The van der Waals surface area contributed by atoms with E-state index in [9.17, 15) is 0 Å². The van der Waals surface area contributed by atoms with Crippen molar-refractivity contribution in [2.24, 2.45) is 4.99 Å². The number of hydrogen-bond donors (Lipinski definition) is 0. The summed E-state index contributed by atoms with van der Waals surface area (Å²) in [6, 6.07) is 8.44. The van der Waals surface area contributed by atoms with E-state index in [1.807, 2.05) is 11.8 Å². The maximum atomic E-state index is 4.68. The summed E-state index contributed by atoms with van der Waals surface area (Å²) in [6.07, 6.45) is 2.44. The molecule has 0 radical (unpaired) electrons. The van der Waals surface area contributed by atoms with Crippen LogP contribution in [0.25, 0.3) is 0 Å². The normalized spacial score (nSPS) is 29.4. The summed E-state index contributed by atoms with van der Waals surface area (Å²) in [5, 5.41) is 1.25. The quantitative estimate of drug-likeness (QED) is 0.651. The van der Waals surface area contributed by atoms with Gasteiger partial charge < -0.3 is 0 Å². The zero-order valence-corrected chi connectivity index (χ0v) is 10.1. The van der Waals surface area contributed by atoms with Crippen LogP contribution >= 0.6 is 27.7 Å². The number of benzene rings is 1. The topological polar surface area (TPSA) is 12.4 Å². The molecule has 3 rings (SSSR count). The Bertz CT molecular complexity index is 416. The maximum Gasteiger partial charge on any atom is 0.101 e. The van der Waals surface area contributed by atoms with Crippen molar-refractivity contribution in [3.05, 3.63) is 29.8 Å². The van der Waals surface area contributed by atoms with Gasteiger partial charge in [0.2, 0.25) is 0 Å². The van der Waals surface area contributed by atoms with Gasteiger partial charge in [0.1, 0.15) is 4.32 Å². The van der Waals surface area contributed by atoms with Crippen LogP contribution in [0.3, 0.4) is 0 Å². The molecule has 1 fully saturated rings. The molecule has 72 valence electrons. The molecule has 0 saturated carbocycles. The number of halogens is 1. The van der Waals surface area contributed by atoms with Gasteiger partial charge in [-0.25, -0.2) is 4.99 Å². The van der Waals surface area contributed by atoms with E-state index in [1.54, 1.807) is 0 Å². The second-order valence-corrected chi connectivity index (χ2v) is 6.12. The van der Waals surface area contributed by atoms with Gasteiger partial charge in [-0.3, -0.25) is 0 Å². The lowest BCUT2D eigenvalue weighted by Crippen LogP contribution is -2.27. The third kappa shape index (κ3) is 1.12. The fraction of sp³-hybridized carbons (Fsp3) is 0.364. The Morgan fingerprint density at radius 1 is 1.36 bits per heavy atom. The number of aliphatic imine (C=N–C) groups is 1. The minimum atomic E-state index is 0.0481. The maximum absolute atomic E-state index is 4.68. The second-order valence-electron chi connectivity index (χ2n) is 3.69. The van der Waals surface area contributed by atoms with Crippen molar-refractivity contribution in [2.45, 2.75) is 17.2 Å². The van der Waals surface area contributed by atoms with E-state index < -0.39 is 0 Å². The van der Waals surface area contributed by atoms with Crippen molar-refractivity contribution in [3.8, 4) is 0 Å². The molecule has 14 heavy (non-hydrogen) atoms. The molecule has 2 aliphatic rings. The monoisotopic (exact) mass is 267 g/mol. The summed E-state index contributed by atoms with van der Waals surface area (Å²) in [7, 11) is 0. The van der Waals surface area contributed by atoms with Crippen LogP contribution in [0.2, 0.25) is 0 Å². The highest BCUT2D eigenvalue weighted by Gasteiger charge is 2.42. The van der Waals surface area contributed by atoms with Gasteiger partial charge >= 0.3 is 0 Å². The van der Waals surface area contributed by atoms with E-state index in [1.165, 1.54) is 29.2 Å². The minimum Gasteiger partial charge on any atom is -0.244 e. The Kier molecular flexibility index (Phi) is 1.99. The standard InChI is InChI=1S/C11H10BrNS/c12-11-6-3-7-14-10(11)13-9-5-2-1-4-8(9)11/h1-2,4-5H,3,6-7H2. The summed E-state index contributed by atoms with van der Waals surface area (Å²) >= 11 is 5.76. The van der Waals surface area contributed by atoms with Crippen LogP contribution in [-0.4, -0.2) is 10.8 Å². The number of nitrogens with zero attached hydrogens (tertiary/aromatic N) is 1. The molecule has 1 nitrogen and oxygen atoms in total. The lowest BCUT2D eigenvalue weighted by molar-refractivity contribution is 0.722. The lowest BCUT2D eigenvalue weighted by Gasteiger charge is -2.28. The van der Waals surface area contributed by atoms with Gasteiger partial charge in [-0.15, -0.1) is 11.8 Å². The van der Waals surface area contributed by atoms with Crippen molar-refractivity contribution in [1.29, 1.82) is 0 Å². The van der Waals surface area contributed by atoms with E-state index >= 15 is 0 Å². The summed E-state index contributed by atoms with van der Waals surface area (Å²) in [5.74, 6) is 1.21. The number of para-hydroxylation sites is 1. The van der Waals surface area contributed by atoms with Gasteiger partial charge in [-0.2, -0.15) is 0 Å². The third-order valence-corrected chi connectivity index (χ3v) is 5.46. The van der Waals surface area contributed by atoms with Gasteiger partial charge in [0.25, 0.3) is 0 Å². The molecule has 0 N–H and O–H groups in total. The van der Waals surface area contributed by atoms with Crippen molar-refractivity contribution < 1.29 is 0 Å². The molecule has 3 heteroatoms. The summed E-state index contributed by atoms with van der Waals surface area (Å²) in [4.78, 5) is 4.68. The van der Waals surface area contributed by atoms with Crippen LogP contribution in [0.4, 0.5) is 5.69 Å². The smallest absolute Gasteiger partial charge is 0.101 e. The first-order valence-corrected chi connectivity index (χ1v) is 6.59. The average Bonchev–Trinajstić information content (AvgIpc) is 2.51. The Labute approximate surface area is 96.1 Å². The summed E-state index contributed by atoms with van der Waals surface area (Å²) < 4.78 is 0.0481. The molecule has 1 unspecified atom stereocenters. The van der Waals surface area contributed by atoms with E-state index in [4.69, 9.17) is 0 Å². The van der Waals surface area contributed by atoms with Crippen molar-refractivity contribution in [1.82, 2.24) is 0 Å². The minimum absolute atomic E-state index is 0.0481. The van der Waals surface area contributed by atoms with Crippen molar-refractivity contribution in [3.63, 3.8) is 0 Å². The van der Waals surface area contributed by atoms with Crippen LogP contribution in [0.1, 0.15) is 18.4 Å². The lowest BCUT2D eigenvalue weighted by atomic mass is 9.96. The first-order valence-electron chi connectivity index (χ1n) is 4.81. The van der Waals surface area contributed by atoms with Crippen LogP contribution in [0.5, 0.6) is 0 Å². The van der Waals surface area contributed by atoms with Crippen molar-refractivity contribution in [2.75, 3.05) is 5.75 Å². The Morgan fingerprint density at radius 3 is 3.14 bits per heavy atom. The zero-order valence-electron chi connectivity index (χ0n) is 7.66. The fourth-order valence-electron chi connectivity index (χ4n) is 2.09. The van der Waals surface area contributed by atoms with Crippen LogP contribution in [-0.2, 0) is 4.32 Å². The Hall–Kier alpha value is -0.280. The third-order valence-electron chi connectivity index (χ3n) is 2.80. The predicted octanol–water partition coefficient (Wildman–Crippen LogP) is 3.85. The number of alkyl halides is 1. The molecule has 2 heterocycles. The van der Waals surface area contributed by atoms with E-state index in [-0.39, 0.29) is 4.32 Å². The second kappa shape index (κ2) is 3.11. The molecule has 0 amide bonds. The van der Waals surface area contributed by atoms with E-state index in [0.29, 0.717) is 0 Å². The van der Waals surface area contributed by atoms with Gasteiger partial charge in [-0.05, 0) is 24.7 Å². The highest BCUT2D eigenvalue weighted by molar-refractivity contribution is 9.10. The molecule has 0 aromatic heterocycles. The van der Waals surface area contributed by atoms with Gasteiger partial charge in [0.15, 0.2) is 0 Å². The Balaban J connectivity index is 2.18. The number of rotatable bonds is 0. The molecule has 1 atom stereocenters. The molecular weight excluding hydrogens is 258 g/mol. The fourth-order valence-corrected chi connectivity index (χ4v) is 4.23. The van der Waals surface area contributed by atoms with Gasteiger partial charge in [-0.1, -0.05) is 34.1 Å². The number of fused-ring (bicyclic) bond motifs is 3. The molecule has 1 saturated heterocycles. The molecular formula is C11H10BrNS. The summed E-state index contributed by atoms with van der Waals surface area (Å²) in [6.45, 7) is 0.